The van der Waals surface area contributed by atoms with E-state index in [4.69, 9.17) is 4.74 Å². The van der Waals surface area contributed by atoms with Crippen molar-refractivity contribution in [3.8, 4) is 0 Å². The Morgan fingerprint density at radius 3 is 2.95 bits per heavy atom. The van der Waals surface area contributed by atoms with Crippen LogP contribution in [0.4, 0.5) is 5.00 Å². The summed E-state index contributed by atoms with van der Waals surface area (Å²) >= 11 is 1.27. The van der Waals surface area contributed by atoms with Gasteiger partial charge in [-0.15, -0.1) is 11.3 Å². The van der Waals surface area contributed by atoms with E-state index in [0.29, 0.717) is 22.7 Å². The minimum atomic E-state index is -0.440. The van der Waals surface area contributed by atoms with Crippen molar-refractivity contribution in [2.45, 2.75) is 6.92 Å². The number of esters is 1. The van der Waals surface area contributed by atoms with E-state index in [2.05, 4.69) is 10.3 Å². The zero-order chi connectivity index (χ0) is 13.7. The molecule has 0 spiro atoms. The summed E-state index contributed by atoms with van der Waals surface area (Å²) in [6, 6.07) is 4.96. The summed E-state index contributed by atoms with van der Waals surface area (Å²) in [5.41, 5.74) is 0.801. The molecule has 0 aliphatic rings. The Kier molecular flexibility index (Phi) is 4.25. The van der Waals surface area contributed by atoms with Crippen LogP contribution in [0.25, 0.3) is 0 Å². The van der Waals surface area contributed by atoms with Gasteiger partial charge in [0.25, 0.3) is 5.91 Å². The first kappa shape index (κ1) is 13.2. The van der Waals surface area contributed by atoms with Crippen molar-refractivity contribution in [1.29, 1.82) is 0 Å². The molecule has 0 fully saturated rings. The number of carbonyl (C=O) groups is 2. The third-order valence-electron chi connectivity index (χ3n) is 2.31. The number of rotatable bonds is 4. The molecule has 0 radical (unpaired) electrons. The number of nitrogens with zero attached hydrogens (tertiary/aromatic N) is 1. The average molecular weight is 276 g/mol. The Hall–Kier alpha value is -2.21. The van der Waals surface area contributed by atoms with E-state index in [9.17, 15) is 9.59 Å². The second-order valence-electron chi connectivity index (χ2n) is 3.58. The lowest BCUT2D eigenvalue weighted by molar-refractivity contribution is 0.0528. The summed E-state index contributed by atoms with van der Waals surface area (Å²) in [5, 5.41) is 4.89. The van der Waals surface area contributed by atoms with Crippen LogP contribution in [0, 0.1) is 0 Å². The van der Waals surface area contributed by atoms with Crippen LogP contribution in [0.1, 0.15) is 27.6 Å². The lowest BCUT2D eigenvalue weighted by Gasteiger charge is -2.05. The molecule has 6 heteroatoms. The zero-order valence-corrected chi connectivity index (χ0v) is 11.1. The van der Waals surface area contributed by atoms with Crippen LogP contribution >= 0.6 is 11.3 Å². The fourth-order valence-corrected chi connectivity index (χ4v) is 2.22. The molecule has 98 valence electrons. The normalized spacial score (nSPS) is 9.95. The molecule has 2 rings (SSSR count). The maximum Gasteiger partial charge on any atom is 0.341 e. The van der Waals surface area contributed by atoms with Crippen molar-refractivity contribution in [2.75, 3.05) is 11.9 Å². The van der Waals surface area contributed by atoms with Crippen molar-refractivity contribution in [1.82, 2.24) is 4.98 Å². The SMILES string of the molecule is CCOC(=O)c1ccsc1NC(=O)c1cccnc1. The number of hydrogen-bond acceptors (Lipinski definition) is 5. The van der Waals surface area contributed by atoms with Gasteiger partial charge in [0.1, 0.15) is 5.00 Å². The Morgan fingerprint density at radius 1 is 1.42 bits per heavy atom. The van der Waals surface area contributed by atoms with Crippen LogP contribution in [-0.2, 0) is 4.74 Å². The molecule has 0 saturated carbocycles. The summed E-state index contributed by atoms with van der Waals surface area (Å²) in [6.07, 6.45) is 3.05. The smallest absolute Gasteiger partial charge is 0.341 e. The number of hydrogen-bond donors (Lipinski definition) is 1. The van der Waals surface area contributed by atoms with Gasteiger partial charge in [0.05, 0.1) is 17.7 Å². The van der Waals surface area contributed by atoms with Gasteiger partial charge in [-0.3, -0.25) is 9.78 Å². The predicted molar refractivity (Wildman–Crippen MR) is 72.5 cm³/mol. The van der Waals surface area contributed by atoms with Crippen LogP contribution < -0.4 is 5.32 Å². The van der Waals surface area contributed by atoms with Gasteiger partial charge in [0.2, 0.25) is 0 Å². The highest BCUT2D eigenvalue weighted by Gasteiger charge is 2.16. The highest BCUT2D eigenvalue weighted by Crippen LogP contribution is 2.24. The lowest BCUT2D eigenvalue weighted by atomic mass is 10.2. The topological polar surface area (TPSA) is 68.3 Å². The molecule has 0 saturated heterocycles. The number of anilines is 1. The van der Waals surface area contributed by atoms with Gasteiger partial charge >= 0.3 is 5.97 Å². The number of pyridine rings is 1. The van der Waals surface area contributed by atoms with Gasteiger partial charge in [0, 0.05) is 12.4 Å². The fraction of sp³-hybridized carbons (Fsp3) is 0.154. The van der Waals surface area contributed by atoms with E-state index >= 15 is 0 Å². The molecule has 0 aromatic carbocycles. The van der Waals surface area contributed by atoms with E-state index in [0.717, 1.165) is 0 Å². The Labute approximate surface area is 114 Å². The van der Waals surface area contributed by atoms with Crippen molar-refractivity contribution in [3.05, 3.63) is 47.1 Å². The van der Waals surface area contributed by atoms with E-state index in [1.165, 1.54) is 17.5 Å². The highest BCUT2D eigenvalue weighted by molar-refractivity contribution is 7.14. The largest absolute Gasteiger partial charge is 0.462 e. The quantitative estimate of drug-likeness (QED) is 0.871. The first-order valence-electron chi connectivity index (χ1n) is 5.68. The molecule has 0 aliphatic carbocycles. The summed E-state index contributed by atoms with van der Waals surface area (Å²) in [6.45, 7) is 2.03. The molecule has 19 heavy (non-hydrogen) atoms. The van der Waals surface area contributed by atoms with Gasteiger partial charge in [-0.25, -0.2) is 4.79 Å². The van der Waals surface area contributed by atoms with Crippen molar-refractivity contribution in [2.24, 2.45) is 0 Å². The summed E-state index contributed by atoms with van der Waals surface area (Å²) in [7, 11) is 0. The van der Waals surface area contributed by atoms with E-state index in [1.807, 2.05) is 0 Å². The van der Waals surface area contributed by atoms with Gasteiger partial charge < -0.3 is 10.1 Å². The molecule has 0 unspecified atom stereocenters. The molecule has 0 bridgehead atoms. The van der Waals surface area contributed by atoms with Crippen LogP contribution in [0.5, 0.6) is 0 Å². The maximum absolute atomic E-state index is 11.9. The van der Waals surface area contributed by atoms with Crippen LogP contribution in [0.15, 0.2) is 36.0 Å². The summed E-state index contributed by atoms with van der Waals surface area (Å²) < 4.78 is 4.92. The number of ether oxygens (including phenoxy) is 1. The monoisotopic (exact) mass is 276 g/mol. The molecular formula is C13H12N2O3S. The first-order valence-corrected chi connectivity index (χ1v) is 6.56. The van der Waals surface area contributed by atoms with Crippen molar-refractivity contribution >= 4 is 28.2 Å². The van der Waals surface area contributed by atoms with Gasteiger partial charge in [-0.2, -0.15) is 0 Å². The third kappa shape index (κ3) is 3.17. The molecular weight excluding hydrogens is 264 g/mol. The maximum atomic E-state index is 11.9. The molecule has 5 nitrogen and oxygen atoms in total. The number of carbonyl (C=O) groups excluding carboxylic acids is 2. The molecule has 2 heterocycles. The van der Waals surface area contributed by atoms with E-state index < -0.39 is 5.97 Å². The van der Waals surface area contributed by atoms with Gasteiger partial charge in [-0.1, -0.05) is 0 Å². The molecule has 0 aliphatic heterocycles. The van der Waals surface area contributed by atoms with Gasteiger partial charge in [0.15, 0.2) is 0 Å². The standard InChI is InChI=1S/C13H12N2O3S/c1-2-18-13(17)10-5-7-19-12(10)15-11(16)9-4-3-6-14-8-9/h3-8H,2H2,1H3,(H,15,16). The number of nitrogens with one attached hydrogen (secondary N) is 1. The molecule has 2 aromatic heterocycles. The second kappa shape index (κ2) is 6.10. The Morgan fingerprint density at radius 2 is 2.26 bits per heavy atom. The second-order valence-corrected chi connectivity index (χ2v) is 4.50. The summed E-state index contributed by atoms with van der Waals surface area (Å²) in [5.74, 6) is -0.744. The predicted octanol–water partition coefficient (Wildman–Crippen LogP) is 2.57. The zero-order valence-electron chi connectivity index (χ0n) is 10.3. The Balaban J connectivity index is 2.14. The van der Waals surface area contributed by atoms with Gasteiger partial charge in [-0.05, 0) is 30.5 Å². The minimum absolute atomic E-state index is 0.296. The number of amides is 1. The van der Waals surface area contributed by atoms with Crippen LogP contribution in [0.3, 0.4) is 0 Å². The third-order valence-corrected chi connectivity index (χ3v) is 3.14. The van der Waals surface area contributed by atoms with Crippen molar-refractivity contribution < 1.29 is 14.3 Å². The molecule has 1 amide bonds. The average Bonchev–Trinajstić information content (AvgIpc) is 2.88. The number of aromatic nitrogens is 1. The summed E-state index contributed by atoms with van der Waals surface area (Å²) in [4.78, 5) is 27.5. The van der Waals surface area contributed by atoms with Crippen molar-refractivity contribution in [3.63, 3.8) is 0 Å². The first-order chi connectivity index (χ1) is 9.22. The van der Waals surface area contributed by atoms with E-state index in [-0.39, 0.29) is 5.91 Å². The minimum Gasteiger partial charge on any atom is -0.462 e. The van der Waals surface area contributed by atoms with Crippen LogP contribution in [-0.4, -0.2) is 23.5 Å². The molecule has 0 atom stereocenters. The fourth-order valence-electron chi connectivity index (χ4n) is 1.45. The van der Waals surface area contributed by atoms with E-state index in [1.54, 1.807) is 36.7 Å². The lowest BCUT2D eigenvalue weighted by Crippen LogP contribution is -2.14. The molecule has 1 N–H and O–H groups in total. The Bertz CT molecular complexity index is 581. The molecule has 2 aromatic rings. The van der Waals surface area contributed by atoms with Crippen LogP contribution in [0.2, 0.25) is 0 Å². The highest BCUT2D eigenvalue weighted by atomic mass is 32.1. The number of thiophene rings is 1.